The van der Waals surface area contributed by atoms with E-state index in [9.17, 15) is 4.79 Å². The van der Waals surface area contributed by atoms with Gasteiger partial charge in [-0.2, -0.15) is 10.4 Å². The molecule has 14 heavy (non-hydrogen) atoms. The Kier molecular flexibility index (Phi) is 3.03. The molecule has 0 radical (unpaired) electrons. The van der Waals surface area contributed by atoms with Crippen LogP contribution in [0, 0.1) is 17.2 Å². The highest BCUT2D eigenvalue weighted by Crippen LogP contribution is 2.12. The van der Waals surface area contributed by atoms with E-state index in [4.69, 9.17) is 5.26 Å². The van der Waals surface area contributed by atoms with E-state index in [-0.39, 0.29) is 5.78 Å². The summed E-state index contributed by atoms with van der Waals surface area (Å²) < 4.78 is 1.61. The van der Waals surface area contributed by atoms with E-state index in [0.29, 0.717) is 12.0 Å². The minimum Gasteiger partial charge on any atom is -0.293 e. The zero-order valence-electron chi connectivity index (χ0n) is 8.61. The first-order valence-electron chi connectivity index (χ1n) is 4.56. The summed E-state index contributed by atoms with van der Waals surface area (Å²) in [6.07, 6.45) is 2.38. The topological polar surface area (TPSA) is 58.7 Å². The number of aromatic nitrogens is 2. The van der Waals surface area contributed by atoms with E-state index in [1.807, 2.05) is 13.0 Å². The van der Waals surface area contributed by atoms with Crippen LogP contribution < -0.4 is 0 Å². The lowest BCUT2D eigenvalue weighted by molar-refractivity contribution is 0.0955. The molecule has 74 valence electrons. The van der Waals surface area contributed by atoms with Crippen LogP contribution in [0.1, 0.15) is 29.9 Å². The van der Waals surface area contributed by atoms with Gasteiger partial charge < -0.3 is 0 Å². The van der Waals surface area contributed by atoms with Crippen LogP contribution >= 0.6 is 0 Å². The Morgan fingerprint density at radius 2 is 2.43 bits per heavy atom. The molecule has 0 amide bonds. The Balaban J connectivity index is 3.07. The minimum atomic E-state index is -0.593. The molecule has 0 N–H and O–H groups in total. The molecule has 4 nitrogen and oxygen atoms in total. The van der Waals surface area contributed by atoms with Crippen LogP contribution in [0.4, 0.5) is 0 Å². The molecule has 1 heterocycles. The van der Waals surface area contributed by atoms with E-state index in [1.165, 1.54) is 0 Å². The van der Waals surface area contributed by atoms with E-state index < -0.39 is 5.92 Å². The number of Topliss-reactive ketones (excluding diaryl/α,β-unsaturated/α-hetero) is 1. The third-order valence-electron chi connectivity index (χ3n) is 2.09. The number of nitriles is 1. The first-order chi connectivity index (χ1) is 6.60. The standard InChI is InChI=1S/C10H13N3O/c1-4-9-8(6-13(3)12-9)10(14)7(2)5-11/h6-7H,4H2,1-3H3. The highest BCUT2D eigenvalue weighted by atomic mass is 16.1. The van der Waals surface area contributed by atoms with Crippen LogP contribution in [0.5, 0.6) is 0 Å². The highest BCUT2D eigenvalue weighted by Gasteiger charge is 2.19. The third kappa shape index (κ3) is 1.82. The van der Waals surface area contributed by atoms with Crippen molar-refractivity contribution in [1.82, 2.24) is 9.78 Å². The molecule has 4 heteroatoms. The third-order valence-corrected chi connectivity index (χ3v) is 2.09. The molecule has 1 atom stereocenters. The summed E-state index contributed by atoms with van der Waals surface area (Å²) in [5, 5.41) is 12.8. The molecule has 1 unspecified atom stereocenters. The molecule has 1 aromatic rings. The summed E-state index contributed by atoms with van der Waals surface area (Å²) in [6.45, 7) is 3.55. The number of nitrogens with zero attached hydrogens (tertiary/aromatic N) is 3. The fourth-order valence-corrected chi connectivity index (χ4v) is 1.29. The van der Waals surface area contributed by atoms with E-state index in [0.717, 1.165) is 5.69 Å². The molecular formula is C10H13N3O. The van der Waals surface area contributed by atoms with Gasteiger partial charge in [0.1, 0.15) is 5.92 Å². The number of carbonyl (C=O) groups excluding carboxylic acids is 1. The molecule has 0 saturated heterocycles. The highest BCUT2D eigenvalue weighted by molar-refractivity contribution is 5.99. The van der Waals surface area contributed by atoms with Crippen LogP contribution in [-0.4, -0.2) is 15.6 Å². The van der Waals surface area contributed by atoms with Gasteiger partial charge in [0.25, 0.3) is 0 Å². The smallest absolute Gasteiger partial charge is 0.183 e. The molecule has 0 spiro atoms. The van der Waals surface area contributed by atoms with Crippen LogP contribution in [0.3, 0.4) is 0 Å². The van der Waals surface area contributed by atoms with Crippen molar-refractivity contribution in [1.29, 1.82) is 5.26 Å². The number of hydrogen-bond donors (Lipinski definition) is 0. The summed E-state index contributed by atoms with van der Waals surface area (Å²) in [6, 6.07) is 1.94. The SMILES string of the molecule is CCc1nn(C)cc1C(=O)C(C)C#N. The summed E-state index contributed by atoms with van der Waals surface area (Å²) in [4.78, 5) is 11.7. The second-order valence-electron chi connectivity index (χ2n) is 3.23. The predicted molar refractivity (Wildman–Crippen MR) is 51.7 cm³/mol. The normalized spacial score (nSPS) is 12.1. The van der Waals surface area contributed by atoms with Crippen molar-refractivity contribution in [2.24, 2.45) is 13.0 Å². The van der Waals surface area contributed by atoms with E-state index in [1.54, 1.807) is 24.9 Å². The first-order valence-corrected chi connectivity index (χ1v) is 4.56. The zero-order valence-corrected chi connectivity index (χ0v) is 8.61. The Bertz CT molecular complexity index is 387. The Morgan fingerprint density at radius 1 is 1.79 bits per heavy atom. The number of ketones is 1. The lowest BCUT2D eigenvalue weighted by Crippen LogP contribution is -2.10. The monoisotopic (exact) mass is 191 g/mol. The van der Waals surface area contributed by atoms with Crippen molar-refractivity contribution in [3.05, 3.63) is 17.5 Å². The average molecular weight is 191 g/mol. The molecule has 0 fully saturated rings. The van der Waals surface area contributed by atoms with Crippen molar-refractivity contribution in [3.8, 4) is 6.07 Å². The Hall–Kier alpha value is -1.63. The number of carbonyl (C=O) groups is 1. The van der Waals surface area contributed by atoms with Crippen molar-refractivity contribution >= 4 is 5.78 Å². The summed E-state index contributed by atoms with van der Waals surface area (Å²) >= 11 is 0. The maximum atomic E-state index is 11.7. The lowest BCUT2D eigenvalue weighted by atomic mass is 10.0. The largest absolute Gasteiger partial charge is 0.293 e. The van der Waals surface area contributed by atoms with Gasteiger partial charge in [0, 0.05) is 13.2 Å². The second kappa shape index (κ2) is 4.05. The van der Waals surface area contributed by atoms with Gasteiger partial charge in [0.2, 0.25) is 0 Å². The molecule has 0 aliphatic rings. The summed E-state index contributed by atoms with van der Waals surface area (Å²) in [5.74, 6) is -0.734. The number of aryl methyl sites for hydroxylation is 2. The summed E-state index contributed by atoms with van der Waals surface area (Å²) in [5.41, 5.74) is 1.34. The Morgan fingerprint density at radius 3 is 2.93 bits per heavy atom. The molecule has 0 aliphatic heterocycles. The summed E-state index contributed by atoms with van der Waals surface area (Å²) in [7, 11) is 1.77. The van der Waals surface area contributed by atoms with Crippen molar-refractivity contribution in [3.63, 3.8) is 0 Å². The van der Waals surface area contributed by atoms with Crippen molar-refractivity contribution in [2.75, 3.05) is 0 Å². The molecule has 1 aromatic heterocycles. The lowest BCUT2D eigenvalue weighted by Gasteiger charge is -1.99. The second-order valence-corrected chi connectivity index (χ2v) is 3.23. The number of hydrogen-bond acceptors (Lipinski definition) is 3. The zero-order chi connectivity index (χ0) is 10.7. The van der Waals surface area contributed by atoms with Crippen LogP contribution in [0.15, 0.2) is 6.20 Å². The minimum absolute atomic E-state index is 0.141. The Labute approximate surface area is 83.1 Å². The molecule has 0 aliphatic carbocycles. The molecule has 0 bridgehead atoms. The van der Waals surface area contributed by atoms with Crippen molar-refractivity contribution in [2.45, 2.75) is 20.3 Å². The van der Waals surface area contributed by atoms with Gasteiger partial charge in [-0.25, -0.2) is 0 Å². The molecule has 1 rings (SSSR count). The fourth-order valence-electron chi connectivity index (χ4n) is 1.29. The maximum absolute atomic E-state index is 11.7. The van der Waals surface area contributed by atoms with E-state index in [2.05, 4.69) is 5.10 Å². The first kappa shape index (κ1) is 10.5. The van der Waals surface area contributed by atoms with Gasteiger partial charge in [-0.1, -0.05) is 6.92 Å². The van der Waals surface area contributed by atoms with Gasteiger partial charge in [-0.3, -0.25) is 9.48 Å². The maximum Gasteiger partial charge on any atom is 0.183 e. The molecular weight excluding hydrogens is 178 g/mol. The van der Waals surface area contributed by atoms with Gasteiger partial charge in [0.15, 0.2) is 5.78 Å². The molecule has 0 aromatic carbocycles. The van der Waals surface area contributed by atoms with Gasteiger partial charge in [-0.05, 0) is 13.3 Å². The van der Waals surface area contributed by atoms with Gasteiger partial charge >= 0.3 is 0 Å². The average Bonchev–Trinajstić information content (AvgIpc) is 2.57. The molecule has 0 saturated carbocycles. The predicted octanol–water partition coefficient (Wildman–Crippen LogP) is 1.32. The van der Waals surface area contributed by atoms with E-state index >= 15 is 0 Å². The quantitative estimate of drug-likeness (QED) is 0.677. The van der Waals surface area contributed by atoms with Crippen LogP contribution in [-0.2, 0) is 13.5 Å². The fraction of sp³-hybridized carbons (Fsp3) is 0.500. The van der Waals surface area contributed by atoms with Gasteiger partial charge in [0.05, 0.1) is 17.3 Å². The van der Waals surface area contributed by atoms with Gasteiger partial charge in [-0.15, -0.1) is 0 Å². The van der Waals surface area contributed by atoms with Crippen LogP contribution in [0.25, 0.3) is 0 Å². The van der Waals surface area contributed by atoms with Crippen LogP contribution in [0.2, 0.25) is 0 Å². The van der Waals surface area contributed by atoms with Crippen molar-refractivity contribution < 1.29 is 4.79 Å². The number of rotatable bonds is 3.